The predicted octanol–water partition coefficient (Wildman–Crippen LogP) is 1.45. The number of ketones is 2. The second-order valence-corrected chi connectivity index (χ2v) is 7.58. The Kier molecular flexibility index (Phi) is 5.79. The summed E-state index contributed by atoms with van der Waals surface area (Å²) in [5, 5.41) is 0. The summed E-state index contributed by atoms with van der Waals surface area (Å²) in [6, 6.07) is 9.06. The van der Waals surface area contributed by atoms with Crippen molar-refractivity contribution in [1.29, 1.82) is 0 Å². The van der Waals surface area contributed by atoms with Gasteiger partial charge in [0.2, 0.25) is 5.78 Å². The van der Waals surface area contributed by atoms with Crippen molar-refractivity contribution in [2.75, 3.05) is 26.2 Å². The lowest BCUT2D eigenvalue weighted by Gasteiger charge is -2.34. The van der Waals surface area contributed by atoms with Crippen molar-refractivity contribution in [3.8, 4) is 0 Å². The van der Waals surface area contributed by atoms with Crippen molar-refractivity contribution < 1.29 is 19.3 Å². The first-order valence-corrected chi connectivity index (χ1v) is 9.74. The molecule has 0 spiro atoms. The van der Waals surface area contributed by atoms with Gasteiger partial charge in [0, 0.05) is 16.8 Å². The number of nitrogens with one attached hydrogen (secondary N) is 2. The van der Waals surface area contributed by atoms with Crippen LogP contribution in [0, 0.1) is 13.8 Å². The molecule has 1 aromatic heterocycles. The number of aromatic amines is 1. The summed E-state index contributed by atoms with van der Waals surface area (Å²) in [6.07, 6.45) is 0. The number of quaternary nitrogens is 1. The maximum Gasteiger partial charge on any atom is 0.254 e. The summed E-state index contributed by atoms with van der Waals surface area (Å²) in [6.45, 7) is 9.81. The number of hydrogen-bond donors (Lipinski definition) is 2. The van der Waals surface area contributed by atoms with Crippen LogP contribution in [-0.2, 0) is 0 Å². The zero-order chi connectivity index (χ0) is 20.4. The number of piperazine rings is 1. The molecule has 28 heavy (non-hydrogen) atoms. The van der Waals surface area contributed by atoms with E-state index in [1.165, 1.54) is 6.92 Å². The molecule has 6 heteroatoms. The SMILES string of the molecule is CC(=O)c1c(C)[nH]c(C(=O)[C@H](C)[NH+]2CCN(C(=O)c3ccccc3)CC2)c1C. The van der Waals surface area contributed by atoms with E-state index in [-0.39, 0.29) is 23.5 Å². The lowest BCUT2D eigenvalue weighted by atomic mass is 10.0. The number of Topliss-reactive ketones (excluding diaryl/α,β-unsaturated/α-hetero) is 2. The lowest BCUT2D eigenvalue weighted by Crippen LogP contribution is -3.18. The standard InChI is InChI=1S/C22H27N3O3/c1-14-19(17(4)26)15(2)23-20(14)21(27)16(3)24-10-12-25(13-11-24)22(28)18-8-6-5-7-9-18/h5-9,16,23H,10-13H2,1-4H3/p+1/t16-/m0/s1. The van der Waals surface area contributed by atoms with Crippen molar-refractivity contribution in [2.24, 2.45) is 0 Å². The summed E-state index contributed by atoms with van der Waals surface area (Å²) >= 11 is 0. The average Bonchev–Trinajstić information content (AvgIpc) is 3.01. The van der Waals surface area contributed by atoms with E-state index >= 15 is 0 Å². The molecule has 6 nitrogen and oxygen atoms in total. The maximum absolute atomic E-state index is 13.0. The number of amides is 1. The van der Waals surface area contributed by atoms with Crippen LogP contribution in [0.3, 0.4) is 0 Å². The third-order valence-corrected chi connectivity index (χ3v) is 5.76. The maximum atomic E-state index is 13.0. The van der Waals surface area contributed by atoms with Crippen LogP contribution in [0.1, 0.15) is 56.3 Å². The highest BCUT2D eigenvalue weighted by Gasteiger charge is 2.33. The molecule has 1 fully saturated rings. The van der Waals surface area contributed by atoms with Crippen molar-refractivity contribution in [2.45, 2.75) is 33.7 Å². The Morgan fingerprint density at radius 2 is 1.68 bits per heavy atom. The highest BCUT2D eigenvalue weighted by atomic mass is 16.2. The molecule has 0 saturated carbocycles. The van der Waals surface area contributed by atoms with Crippen molar-refractivity contribution in [1.82, 2.24) is 9.88 Å². The zero-order valence-corrected chi connectivity index (χ0v) is 17.0. The lowest BCUT2D eigenvalue weighted by molar-refractivity contribution is -0.917. The van der Waals surface area contributed by atoms with E-state index in [0.717, 1.165) is 29.2 Å². The number of rotatable bonds is 5. The molecule has 2 heterocycles. The smallest absolute Gasteiger partial charge is 0.254 e. The molecule has 3 rings (SSSR count). The van der Waals surface area contributed by atoms with Gasteiger partial charge in [-0.25, -0.2) is 0 Å². The molecule has 0 bridgehead atoms. The minimum atomic E-state index is -0.231. The van der Waals surface area contributed by atoms with Gasteiger partial charge in [0.15, 0.2) is 11.8 Å². The van der Waals surface area contributed by atoms with Crippen LogP contribution in [0.4, 0.5) is 0 Å². The molecule has 1 aliphatic rings. The third kappa shape index (κ3) is 3.78. The molecule has 0 radical (unpaired) electrons. The van der Waals surface area contributed by atoms with Crippen LogP contribution in [0.5, 0.6) is 0 Å². The largest absolute Gasteiger partial charge is 0.355 e. The topological polar surface area (TPSA) is 74.7 Å². The zero-order valence-electron chi connectivity index (χ0n) is 17.0. The molecular formula is C22H28N3O3+. The van der Waals surface area contributed by atoms with Gasteiger partial charge in [-0.2, -0.15) is 0 Å². The highest BCUT2D eigenvalue weighted by Crippen LogP contribution is 2.19. The molecule has 2 N–H and O–H groups in total. The van der Waals surface area contributed by atoms with Gasteiger partial charge in [0.05, 0.1) is 31.9 Å². The van der Waals surface area contributed by atoms with E-state index in [1.54, 1.807) is 0 Å². The molecule has 0 aliphatic carbocycles. The van der Waals surface area contributed by atoms with E-state index < -0.39 is 0 Å². The highest BCUT2D eigenvalue weighted by molar-refractivity contribution is 6.04. The summed E-state index contributed by atoms with van der Waals surface area (Å²) in [5.41, 5.74) is 3.33. The first-order chi connectivity index (χ1) is 13.3. The third-order valence-electron chi connectivity index (χ3n) is 5.76. The van der Waals surface area contributed by atoms with Gasteiger partial charge < -0.3 is 14.8 Å². The quantitative estimate of drug-likeness (QED) is 0.769. The Morgan fingerprint density at radius 3 is 2.21 bits per heavy atom. The molecule has 2 aromatic rings. The Labute approximate surface area is 165 Å². The van der Waals surface area contributed by atoms with Crippen LogP contribution >= 0.6 is 0 Å². The normalized spacial score (nSPS) is 16.1. The predicted molar refractivity (Wildman–Crippen MR) is 107 cm³/mol. The molecular weight excluding hydrogens is 354 g/mol. The van der Waals surface area contributed by atoms with Crippen molar-refractivity contribution in [3.63, 3.8) is 0 Å². The van der Waals surface area contributed by atoms with Gasteiger partial charge in [0.1, 0.15) is 0 Å². The summed E-state index contributed by atoms with van der Waals surface area (Å²) in [4.78, 5) is 43.6. The number of nitrogens with zero attached hydrogens (tertiary/aromatic N) is 1. The van der Waals surface area contributed by atoms with Crippen molar-refractivity contribution in [3.05, 3.63) is 58.4 Å². The van der Waals surface area contributed by atoms with Crippen molar-refractivity contribution >= 4 is 17.5 Å². The number of carbonyl (C=O) groups is 3. The van der Waals surface area contributed by atoms with Crippen LogP contribution in [0.2, 0.25) is 0 Å². The molecule has 1 amide bonds. The molecule has 1 aliphatic heterocycles. The monoisotopic (exact) mass is 382 g/mol. The first kappa shape index (κ1) is 20.0. The number of aromatic nitrogens is 1. The van der Waals surface area contributed by atoms with Crippen LogP contribution in [0.15, 0.2) is 30.3 Å². The second-order valence-electron chi connectivity index (χ2n) is 7.58. The molecule has 0 unspecified atom stereocenters. The number of hydrogen-bond acceptors (Lipinski definition) is 3. The second kappa shape index (κ2) is 8.10. The summed E-state index contributed by atoms with van der Waals surface area (Å²) < 4.78 is 0. The van der Waals surface area contributed by atoms with Crippen LogP contribution in [-0.4, -0.2) is 59.6 Å². The van der Waals surface area contributed by atoms with Crippen LogP contribution in [0.25, 0.3) is 0 Å². The Morgan fingerprint density at radius 1 is 1.07 bits per heavy atom. The molecule has 148 valence electrons. The number of benzene rings is 1. The fourth-order valence-corrected chi connectivity index (χ4v) is 4.12. The van der Waals surface area contributed by atoms with Gasteiger partial charge in [0.25, 0.3) is 5.91 Å². The van der Waals surface area contributed by atoms with Gasteiger partial charge in [-0.05, 0) is 45.4 Å². The van der Waals surface area contributed by atoms with Gasteiger partial charge in [-0.3, -0.25) is 14.4 Å². The van der Waals surface area contributed by atoms with E-state index in [4.69, 9.17) is 0 Å². The van der Waals surface area contributed by atoms with Gasteiger partial charge >= 0.3 is 0 Å². The molecule has 1 aromatic carbocycles. The van der Waals surface area contributed by atoms with Gasteiger partial charge in [-0.1, -0.05) is 18.2 Å². The Balaban J connectivity index is 1.66. The minimum Gasteiger partial charge on any atom is -0.355 e. The van der Waals surface area contributed by atoms with E-state index in [0.29, 0.717) is 29.9 Å². The summed E-state index contributed by atoms with van der Waals surface area (Å²) in [7, 11) is 0. The summed E-state index contributed by atoms with van der Waals surface area (Å²) in [5.74, 6) is 0.0323. The van der Waals surface area contributed by atoms with E-state index in [1.807, 2.05) is 56.0 Å². The molecule has 1 atom stereocenters. The average molecular weight is 382 g/mol. The molecule has 1 saturated heterocycles. The van der Waals surface area contributed by atoms with E-state index in [2.05, 4.69) is 4.98 Å². The van der Waals surface area contributed by atoms with Gasteiger partial charge in [-0.15, -0.1) is 0 Å². The minimum absolute atomic E-state index is 0.0194. The number of carbonyl (C=O) groups excluding carboxylic acids is 3. The Hall–Kier alpha value is -2.73. The Bertz CT molecular complexity index is 893. The first-order valence-electron chi connectivity index (χ1n) is 9.74. The van der Waals surface area contributed by atoms with Crippen LogP contribution < -0.4 is 4.90 Å². The fraction of sp³-hybridized carbons (Fsp3) is 0.409. The number of aryl methyl sites for hydroxylation is 1. The van der Waals surface area contributed by atoms with E-state index in [9.17, 15) is 14.4 Å². The fourth-order valence-electron chi connectivity index (χ4n) is 4.12. The number of H-pyrrole nitrogens is 1.